The minimum atomic E-state index is -0.152. The predicted molar refractivity (Wildman–Crippen MR) is 96.5 cm³/mol. The maximum Gasteiger partial charge on any atom is 0.251 e. The molecular weight excluding hydrogens is 347 g/mol. The van der Waals surface area contributed by atoms with Gasteiger partial charge < -0.3 is 10.6 Å². The Kier molecular flexibility index (Phi) is 6.64. The number of benzene rings is 2. The SMILES string of the molecule is CNC(=O)c1cccc(CNC(=O)CCc2ccc(Cl)cc2Cl)c1. The number of halogens is 2. The first-order chi connectivity index (χ1) is 11.5. The molecule has 2 amide bonds. The highest BCUT2D eigenvalue weighted by molar-refractivity contribution is 6.35. The molecule has 0 heterocycles. The summed E-state index contributed by atoms with van der Waals surface area (Å²) in [5.74, 6) is -0.230. The van der Waals surface area contributed by atoms with E-state index in [0.717, 1.165) is 11.1 Å². The highest BCUT2D eigenvalue weighted by Gasteiger charge is 2.07. The van der Waals surface area contributed by atoms with E-state index in [-0.39, 0.29) is 11.8 Å². The molecule has 0 saturated carbocycles. The van der Waals surface area contributed by atoms with Gasteiger partial charge in [-0.25, -0.2) is 0 Å². The van der Waals surface area contributed by atoms with Crippen molar-refractivity contribution in [3.8, 4) is 0 Å². The van der Waals surface area contributed by atoms with Gasteiger partial charge in [-0.2, -0.15) is 0 Å². The lowest BCUT2D eigenvalue weighted by molar-refractivity contribution is -0.121. The maximum atomic E-state index is 12.0. The first-order valence-corrected chi connectivity index (χ1v) is 8.27. The number of aryl methyl sites for hydroxylation is 1. The smallest absolute Gasteiger partial charge is 0.251 e. The number of hydrogen-bond acceptors (Lipinski definition) is 2. The van der Waals surface area contributed by atoms with Crippen LogP contribution in [0.1, 0.15) is 27.9 Å². The van der Waals surface area contributed by atoms with Gasteiger partial charge >= 0.3 is 0 Å². The molecule has 6 heteroatoms. The van der Waals surface area contributed by atoms with Crippen LogP contribution >= 0.6 is 23.2 Å². The third-order valence-corrected chi connectivity index (χ3v) is 4.13. The molecule has 0 atom stereocenters. The van der Waals surface area contributed by atoms with Crippen LogP contribution in [0.5, 0.6) is 0 Å². The molecule has 0 aromatic heterocycles. The summed E-state index contributed by atoms with van der Waals surface area (Å²) in [5, 5.41) is 6.55. The van der Waals surface area contributed by atoms with Gasteiger partial charge in [0.15, 0.2) is 0 Å². The number of nitrogens with one attached hydrogen (secondary N) is 2. The molecule has 0 unspecified atom stereocenters. The monoisotopic (exact) mass is 364 g/mol. The molecule has 0 aliphatic rings. The second-order valence-corrected chi connectivity index (χ2v) is 6.14. The Labute approximate surface area is 151 Å². The molecule has 0 saturated heterocycles. The summed E-state index contributed by atoms with van der Waals surface area (Å²) in [6.45, 7) is 0.373. The summed E-state index contributed by atoms with van der Waals surface area (Å²) >= 11 is 11.9. The van der Waals surface area contributed by atoms with Crippen LogP contribution in [-0.2, 0) is 17.8 Å². The molecule has 0 fully saturated rings. The third kappa shape index (κ3) is 5.25. The van der Waals surface area contributed by atoms with Crippen molar-refractivity contribution in [2.24, 2.45) is 0 Å². The zero-order valence-electron chi connectivity index (χ0n) is 13.2. The minimum Gasteiger partial charge on any atom is -0.355 e. The molecule has 0 aliphatic heterocycles. The lowest BCUT2D eigenvalue weighted by Crippen LogP contribution is -2.23. The highest BCUT2D eigenvalue weighted by atomic mass is 35.5. The maximum absolute atomic E-state index is 12.0. The lowest BCUT2D eigenvalue weighted by Gasteiger charge is -2.08. The minimum absolute atomic E-state index is 0.0774. The van der Waals surface area contributed by atoms with Gasteiger partial charge in [0.1, 0.15) is 0 Å². The van der Waals surface area contributed by atoms with Crippen LogP contribution in [-0.4, -0.2) is 18.9 Å². The molecule has 2 aromatic rings. The van der Waals surface area contributed by atoms with Gasteiger partial charge in [-0.1, -0.05) is 41.4 Å². The van der Waals surface area contributed by atoms with Crippen molar-refractivity contribution in [2.75, 3.05) is 7.05 Å². The second kappa shape index (κ2) is 8.71. The standard InChI is InChI=1S/C18H18Cl2N2O2/c1-21-18(24)14-4-2-3-12(9-14)11-22-17(23)8-6-13-5-7-15(19)10-16(13)20/h2-5,7,9-10H,6,8,11H2,1H3,(H,21,24)(H,22,23). The van der Waals surface area contributed by atoms with Gasteiger partial charge in [0.05, 0.1) is 0 Å². The first-order valence-electron chi connectivity index (χ1n) is 7.51. The number of rotatable bonds is 6. The second-order valence-electron chi connectivity index (χ2n) is 5.29. The summed E-state index contributed by atoms with van der Waals surface area (Å²) in [4.78, 5) is 23.6. The molecule has 24 heavy (non-hydrogen) atoms. The average Bonchev–Trinajstić information content (AvgIpc) is 2.58. The zero-order chi connectivity index (χ0) is 17.5. The van der Waals surface area contributed by atoms with E-state index in [0.29, 0.717) is 35.0 Å². The normalized spacial score (nSPS) is 10.3. The largest absolute Gasteiger partial charge is 0.355 e. The van der Waals surface area contributed by atoms with Crippen molar-refractivity contribution < 1.29 is 9.59 Å². The predicted octanol–water partition coefficient (Wildman–Crippen LogP) is 3.60. The molecule has 4 nitrogen and oxygen atoms in total. The summed E-state index contributed by atoms with van der Waals surface area (Å²) in [5.41, 5.74) is 2.32. The van der Waals surface area contributed by atoms with Crippen LogP contribution in [0.15, 0.2) is 42.5 Å². The number of hydrogen-bond donors (Lipinski definition) is 2. The van der Waals surface area contributed by atoms with Gasteiger partial charge in [0.25, 0.3) is 5.91 Å². The van der Waals surface area contributed by atoms with E-state index in [2.05, 4.69) is 10.6 Å². The van der Waals surface area contributed by atoms with Crippen LogP contribution in [0.2, 0.25) is 10.0 Å². The number of carbonyl (C=O) groups excluding carboxylic acids is 2. The van der Waals surface area contributed by atoms with Crippen molar-refractivity contribution in [2.45, 2.75) is 19.4 Å². The quantitative estimate of drug-likeness (QED) is 0.822. The van der Waals surface area contributed by atoms with Gasteiger partial charge in [-0.3, -0.25) is 9.59 Å². The number of carbonyl (C=O) groups is 2. The van der Waals surface area contributed by atoms with E-state index < -0.39 is 0 Å². The highest BCUT2D eigenvalue weighted by Crippen LogP contribution is 2.22. The van der Waals surface area contributed by atoms with Crippen molar-refractivity contribution in [1.82, 2.24) is 10.6 Å². The van der Waals surface area contributed by atoms with E-state index in [1.807, 2.05) is 12.1 Å². The topological polar surface area (TPSA) is 58.2 Å². The third-order valence-electron chi connectivity index (χ3n) is 3.54. The summed E-state index contributed by atoms with van der Waals surface area (Å²) in [6.07, 6.45) is 0.872. The molecule has 0 radical (unpaired) electrons. The van der Waals surface area contributed by atoms with Crippen LogP contribution < -0.4 is 10.6 Å². The Morgan fingerprint density at radius 2 is 1.88 bits per heavy atom. The Bertz CT molecular complexity index is 748. The molecule has 0 aliphatic carbocycles. The molecular formula is C18H18Cl2N2O2. The fraction of sp³-hybridized carbons (Fsp3) is 0.222. The van der Waals surface area contributed by atoms with Crippen LogP contribution in [0, 0.1) is 0 Å². The number of amides is 2. The summed E-state index contributed by atoms with van der Waals surface area (Å²) < 4.78 is 0. The van der Waals surface area contributed by atoms with Crippen molar-refractivity contribution in [3.05, 3.63) is 69.2 Å². The van der Waals surface area contributed by atoms with E-state index in [1.54, 1.807) is 37.4 Å². The molecule has 2 rings (SSSR count). The van der Waals surface area contributed by atoms with Gasteiger partial charge in [0, 0.05) is 35.6 Å². The molecule has 0 spiro atoms. The van der Waals surface area contributed by atoms with Gasteiger partial charge in [0.2, 0.25) is 5.91 Å². The fourth-order valence-corrected chi connectivity index (χ4v) is 2.73. The van der Waals surface area contributed by atoms with E-state index in [1.165, 1.54) is 0 Å². The molecule has 2 N–H and O–H groups in total. The van der Waals surface area contributed by atoms with Gasteiger partial charge in [-0.05, 0) is 41.8 Å². The lowest BCUT2D eigenvalue weighted by atomic mass is 10.1. The molecule has 126 valence electrons. The van der Waals surface area contributed by atoms with Crippen molar-refractivity contribution in [3.63, 3.8) is 0 Å². The average molecular weight is 365 g/mol. The Balaban J connectivity index is 1.86. The Hall–Kier alpha value is -2.04. The van der Waals surface area contributed by atoms with E-state index in [4.69, 9.17) is 23.2 Å². The van der Waals surface area contributed by atoms with E-state index in [9.17, 15) is 9.59 Å². The molecule has 0 bridgehead atoms. The van der Waals surface area contributed by atoms with Crippen LogP contribution in [0.4, 0.5) is 0 Å². The van der Waals surface area contributed by atoms with Crippen LogP contribution in [0.3, 0.4) is 0 Å². The molecule has 2 aromatic carbocycles. The Morgan fingerprint density at radius 3 is 2.58 bits per heavy atom. The van der Waals surface area contributed by atoms with Crippen molar-refractivity contribution >= 4 is 35.0 Å². The van der Waals surface area contributed by atoms with E-state index >= 15 is 0 Å². The van der Waals surface area contributed by atoms with Gasteiger partial charge in [-0.15, -0.1) is 0 Å². The van der Waals surface area contributed by atoms with Crippen LogP contribution in [0.25, 0.3) is 0 Å². The fourth-order valence-electron chi connectivity index (χ4n) is 2.23. The summed E-state index contributed by atoms with van der Waals surface area (Å²) in [7, 11) is 1.58. The zero-order valence-corrected chi connectivity index (χ0v) is 14.7. The first kappa shape index (κ1) is 18.3. The Morgan fingerprint density at radius 1 is 1.08 bits per heavy atom. The summed E-state index contributed by atoms with van der Waals surface area (Å²) in [6, 6.07) is 12.4. The van der Waals surface area contributed by atoms with Crippen molar-refractivity contribution in [1.29, 1.82) is 0 Å².